The monoisotopic (exact) mass is 401 g/mol. The van der Waals surface area contributed by atoms with E-state index in [1.165, 1.54) is 0 Å². The molecule has 4 nitrogen and oxygen atoms in total. The van der Waals surface area contributed by atoms with Gasteiger partial charge in [-0.05, 0) is 25.0 Å². The maximum atomic E-state index is 5.77. The van der Waals surface area contributed by atoms with Crippen molar-refractivity contribution in [1.29, 1.82) is 0 Å². The maximum Gasteiger partial charge on any atom is 0.191 e. The minimum atomic E-state index is 0. The van der Waals surface area contributed by atoms with Crippen LogP contribution in [0.4, 0.5) is 0 Å². The normalized spacial score (nSPS) is 13.1. The van der Waals surface area contributed by atoms with Crippen molar-refractivity contribution in [3.05, 3.63) is 36.1 Å². The summed E-state index contributed by atoms with van der Waals surface area (Å²) >= 11 is 0. The molecule has 1 heterocycles. The minimum Gasteiger partial charge on any atom is -0.459 e. The van der Waals surface area contributed by atoms with E-state index in [9.17, 15) is 0 Å². The van der Waals surface area contributed by atoms with Gasteiger partial charge in [0.15, 0.2) is 5.96 Å². The summed E-state index contributed by atoms with van der Waals surface area (Å²) in [4.78, 5) is 4.23. The number of fused-ring (bicyclic) bond motifs is 1. The number of benzene rings is 1. The number of guanidine groups is 1. The van der Waals surface area contributed by atoms with Gasteiger partial charge in [0.05, 0.1) is 6.54 Å². The number of halogens is 1. The molecule has 0 aliphatic carbocycles. The van der Waals surface area contributed by atoms with E-state index in [1.807, 2.05) is 18.2 Å². The molecular formula is C16H24IN3O. The van der Waals surface area contributed by atoms with Crippen LogP contribution in [0, 0.1) is 5.92 Å². The van der Waals surface area contributed by atoms with Crippen molar-refractivity contribution >= 4 is 40.9 Å². The molecule has 0 aliphatic rings. The third kappa shape index (κ3) is 4.91. The van der Waals surface area contributed by atoms with E-state index in [-0.39, 0.29) is 24.0 Å². The first-order valence-corrected chi connectivity index (χ1v) is 7.04. The Morgan fingerprint density at radius 2 is 1.95 bits per heavy atom. The van der Waals surface area contributed by atoms with Crippen LogP contribution in [0.3, 0.4) is 0 Å². The molecule has 1 unspecified atom stereocenters. The number of hydrogen-bond acceptors (Lipinski definition) is 2. The van der Waals surface area contributed by atoms with Crippen LogP contribution >= 0.6 is 24.0 Å². The molecule has 1 aromatic heterocycles. The molecule has 0 saturated heterocycles. The number of rotatable bonds is 4. The van der Waals surface area contributed by atoms with Crippen molar-refractivity contribution in [3.8, 4) is 0 Å². The van der Waals surface area contributed by atoms with E-state index < -0.39 is 0 Å². The van der Waals surface area contributed by atoms with Gasteiger partial charge in [0, 0.05) is 18.5 Å². The highest BCUT2D eigenvalue weighted by Crippen LogP contribution is 2.18. The standard InChI is InChI=1S/C16H23N3O.HI/c1-11(2)12(3)19-16(17-4)18-10-14-9-13-7-5-6-8-15(13)20-14;/h5-9,11-12H,10H2,1-4H3,(H2,17,18,19);1H. The van der Waals surface area contributed by atoms with Gasteiger partial charge in [-0.15, -0.1) is 24.0 Å². The molecule has 2 aromatic rings. The molecule has 0 saturated carbocycles. The van der Waals surface area contributed by atoms with E-state index in [0.29, 0.717) is 18.5 Å². The van der Waals surface area contributed by atoms with Crippen LogP contribution in [0.2, 0.25) is 0 Å². The summed E-state index contributed by atoms with van der Waals surface area (Å²) < 4.78 is 5.77. The van der Waals surface area contributed by atoms with Crippen LogP contribution in [-0.2, 0) is 6.54 Å². The number of nitrogens with one attached hydrogen (secondary N) is 2. The zero-order valence-electron chi connectivity index (χ0n) is 13.0. The van der Waals surface area contributed by atoms with Gasteiger partial charge < -0.3 is 15.1 Å². The Hall–Kier alpha value is -1.24. The average Bonchev–Trinajstić information content (AvgIpc) is 2.85. The number of furan rings is 1. The van der Waals surface area contributed by atoms with Gasteiger partial charge in [0.2, 0.25) is 0 Å². The molecular weight excluding hydrogens is 377 g/mol. The van der Waals surface area contributed by atoms with E-state index in [4.69, 9.17) is 4.42 Å². The van der Waals surface area contributed by atoms with Crippen LogP contribution in [0.25, 0.3) is 11.0 Å². The molecule has 1 aromatic carbocycles. The SMILES string of the molecule is CN=C(NCc1cc2ccccc2o1)NC(C)C(C)C.I. The summed E-state index contributed by atoms with van der Waals surface area (Å²) in [6, 6.07) is 10.5. The second-order valence-corrected chi connectivity index (χ2v) is 5.35. The molecule has 0 bridgehead atoms. The molecule has 116 valence electrons. The highest BCUT2D eigenvalue weighted by molar-refractivity contribution is 14.0. The third-order valence-corrected chi connectivity index (χ3v) is 3.49. The van der Waals surface area contributed by atoms with E-state index in [0.717, 1.165) is 22.7 Å². The van der Waals surface area contributed by atoms with E-state index in [2.05, 4.69) is 48.5 Å². The second-order valence-electron chi connectivity index (χ2n) is 5.35. The van der Waals surface area contributed by atoms with Gasteiger partial charge in [-0.1, -0.05) is 32.0 Å². The topological polar surface area (TPSA) is 49.6 Å². The zero-order valence-corrected chi connectivity index (χ0v) is 15.3. The predicted molar refractivity (Wildman–Crippen MR) is 99.3 cm³/mol. The predicted octanol–water partition coefficient (Wildman–Crippen LogP) is 3.76. The van der Waals surface area contributed by atoms with Crippen LogP contribution < -0.4 is 10.6 Å². The van der Waals surface area contributed by atoms with Gasteiger partial charge in [-0.25, -0.2) is 0 Å². The Labute approximate surface area is 143 Å². The first kappa shape index (κ1) is 17.8. The summed E-state index contributed by atoms with van der Waals surface area (Å²) in [6.45, 7) is 7.15. The highest BCUT2D eigenvalue weighted by Gasteiger charge is 2.09. The lowest BCUT2D eigenvalue weighted by molar-refractivity contribution is 0.477. The summed E-state index contributed by atoms with van der Waals surface area (Å²) in [5, 5.41) is 7.77. The van der Waals surface area contributed by atoms with Crippen molar-refractivity contribution in [3.63, 3.8) is 0 Å². The maximum absolute atomic E-state index is 5.77. The molecule has 0 radical (unpaired) electrons. The fraction of sp³-hybridized carbons (Fsp3) is 0.438. The number of aliphatic imine (C=N–C) groups is 1. The molecule has 0 aliphatic heterocycles. The third-order valence-electron chi connectivity index (χ3n) is 3.49. The Bertz CT molecular complexity index is 559. The summed E-state index contributed by atoms with van der Waals surface area (Å²) in [5.41, 5.74) is 0.919. The Morgan fingerprint density at radius 3 is 2.57 bits per heavy atom. The summed E-state index contributed by atoms with van der Waals surface area (Å²) in [7, 11) is 1.78. The molecule has 2 N–H and O–H groups in total. The molecule has 1 atom stereocenters. The molecule has 0 amide bonds. The van der Waals surface area contributed by atoms with Gasteiger partial charge in [-0.3, -0.25) is 4.99 Å². The molecule has 5 heteroatoms. The summed E-state index contributed by atoms with van der Waals surface area (Å²) in [6.07, 6.45) is 0. The smallest absolute Gasteiger partial charge is 0.191 e. The fourth-order valence-corrected chi connectivity index (χ4v) is 1.87. The van der Waals surface area contributed by atoms with Crippen LogP contribution in [0.5, 0.6) is 0 Å². The Kier molecular flexibility index (Phi) is 7.01. The van der Waals surface area contributed by atoms with Gasteiger partial charge >= 0.3 is 0 Å². The van der Waals surface area contributed by atoms with Gasteiger partial charge in [0.25, 0.3) is 0 Å². The average molecular weight is 401 g/mol. The van der Waals surface area contributed by atoms with Crippen molar-refractivity contribution in [1.82, 2.24) is 10.6 Å². The lowest BCUT2D eigenvalue weighted by atomic mass is 10.1. The largest absolute Gasteiger partial charge is 0.459 e. The van der Waals surface area contributed by atoms with Crippen molar-refractivity contribution < 1.29 is 4.42 Å². The van der Waals surface area contributed by atoms with E-state index in [1.54, 1.807) is 7.05 Å². The highest BCUT2D eigenvalue weighted by atomic mass is 127. The van der Waals surface area contributed by atoms with E-state index >= 15 is 0 Å². The second kappa shape index (κ2) is 8.26. The first-order valence-electron chi connectivity index (χ1n) is 7.04. The lowest BCUT2D eigenvalue weighted by Gasteiger charge is -2.20. The lowest BCUT2D eigenvalue weighted by Crippen LogP contribution is -2.43. The number of para-hydroxylation sites is 1. The summed E-state index contributed by atoms with van der Waals surface area (Å²) in [5.74, 6) is 2.26. The molecule has 21 heavy (non-hydrogen) atoms. The van der Waals surface area contributed by atoms with Crippen molar-refractivity contribution in [2.75, 3.05) is 7.05 Å². The minimum absolute atomic E-state index is 0. The molecule has 0 fully saturated rings. The zero-order chi connectivity index (χ0) is 14.5. The molecule has 0 spiro atoms. The molecule has 2 rings (SSSR count). The first-order chi connectivity index (χ1) is 9.60. The number of nitrogens with zero attached hydrogens (tertiary/aromatic N) is 1. The van der Waals surface area contributed by atoms with Crippen LogP contribution in [0.15, 0.2) is 39.7 Å². The van der Waals surface area contributed by atoms with Gasteiger partial charge in [-0.2, -0.15) is 0 Å². The Balaban J connectivity index is 0.00000220. The van der Waals surface area contributed by atoms with Crippen LogP contribution in [0.1, 0.15) is 26.5 Å². The van der Waals surface area contributed by atoms with Crippen molar-refractivity contribution in [2.45, 2.75) is 33.4 Å². The quantitative estimate of drug-likeness (QED) is 0.466. The van der Waals surface area contributed by atoms with Crippen LogP contribution in [-0.4, -0.2) is 19.0 Å². The van der Waals surface area contributed by atoms with Gasteiger partial charge in [0.1, 0.15) is 11.3 Å². The Morgan fingerprint density at radius 1 is 1.24 bits per heavy atom. The fourth-order valence-electron chi connectivity index (χ4n) is 1.87. The van der Waals surface area contributed by atoms with Crippen molar-refractivity contribution in [2.24, 2.45) is 10.9 Å². The number of hydrogen-bond donors (Lipinski definition) is 2.